The van der Waals surface area contributed by atoms with Crippen LogP contribution in [0.25, 0.3) is 0 Å². The molecule has 98 valence electrons. The van der Waals surface area contributed by atoms with Crippen LogP contribution in [0.4, 0.5) is 0 Å². The molecule has 1 aromatic carbocycles. The van der Waals surface area contributed by atoms with Crippen LogP contribution in [-0.4, -0.2) is 18.5 Å². The summed E-state index contributed by atoms with van der Waals surface area (Å²) in [5, 5.41) is 3.36. The summed E-state index contributed by atoms with van der Waals surface area (Å²) in [7, 11) is 0. The summed E-state index contributed by atoms with van der Waals surface area (Å²) >= 11 is 0. The van der Waals surface area contributed by atoms with E-state index >= 15 is 0 Å². The van der Waals surface area contributed by atoms with E-state index in [-0.39, 0.29) is 24.0 Å². The molecule has 0 heterocycles. The molecule has 3 atom stereocenters. The van der Waals surface area contributed by atoms with Gasteiger partial charge in [-0.3, -0.25) is 4.99 Å². The van der Waals surface area contributed by atoms with Gasteiger partial charge in [0.1, 0.15) is 0 Å². The normalized spacial score (nSPS) is 28.1. The van der Waals surface area contributed by atoms with Crippen molar-refractivity contribution in [1.82, 2.24) is 5.32 Å². The Morgan fingerprint density at radius 3 is 3.00 bits per heavy atom. The van der Waals surface area contributed by atoms with Gasteiger partial charge in [-0.05, 0) is 29.9 Å². The van der Waals surface area contributed by atoms with Gasteiger partial charge in [-0.15, -0.1) is 24.0 Å². The van der Waals surface area contributed by atoms with Crippen molar-refractivity contribution >= 4 is 29.9 Å². The third kappa shape index (κ3) is 2.35. The first kappa shape index (κ1) is 13.6. The molecule has 2 aliphatic carbocycles. The fourth-order valence-corrected chi connectivity index (χ4v) is 3.00. The first-order valence-corrected chi connectivity index (χ1v) is 6.45. The molecule has 0 radical (unpaired) electrons. The first-order chi connectivity index (χ1) is 8.31. The second-order valence-corrected chi connectivity index (χ2v) is 5.03. The minimum atomic E-state index is 0. The number of nitrogens with two attached hydrogens (primary N) is 1. The number of benzene rings is 1. The largest absolute Gasteiger partial charge is 0.370 e. The standard InChI is InChI=1S/C14H19N3.HI/c1-2-7-16-14(15)17-13-11-8-9-5-3-4-6-10(9)12(11)13;/h3-6,11-13H,2,7-8H2,1H3,(H3,15,16,17);1H. The number of nitrogens with one attached hydrogen (secondary N) is 1. The van der Waals surface area contributed by atoms with E-state index in [0.29, 0.717) is 17.9 Å². The first-order valence-electron chi connectivity index (χ1n) is 6.45. The summed E-state index contributed by atoms with van der Waals surface area (Å²) in [5.74, 6) is 2.02. The van der Waals surface area contributed by atoms with Crippen molar-refractivity contribution in [2.75, 3.05) is 6.54 Å². The molecule has 3 nitrogen and oxygen atoms in total. The lowest BCUT2D eigenvalue weighted by molar-refractivity contribution is 0.739. The predicted molar refractivity (Wildman–Crippen MR) is 85.5 cm³/mol. The second kappa shape index (κ2) is 5.47. The number of nitrogens with zero attached hydrogens (tertiary/aromatic N) is 1. The SMILES string of the molecule is CCCN=C(N)NC1C2Cc3ccccc3C21.I. The van der Waals surface area contributed by atoms with E-state index in [4.69, 9.17) is 5.73 Å². The molecule has 0 saturated heterocycles. The van der Waals surface area contributed by atoms with Crippen molar-refractivity contribution in [3.8, 4) is 0 Å². The monoisotopic (exact) mass is 357 g/mol. The number of aliphatic imine (C=N–C) groups is 1. The maximum Gasteiger partial charge on any atom is 0.188 e. The van der Waals surface area contributed by atoms with Gasteiger partial charge >= 0.3 is 0 Å². The summed E-state index contributed by atoms with van der Waals surface area (Å²) in [5.41, 5.74) is 8.89. The molecule has 3 unspecified atom stereocenters. The summed E-state index contributed by atoms with van der Waals surface area (Å²) in [6.07, 6.45) is 2.24. The quantitative estimate of drug-likeness (QED) is 0.495. The minimum Gasteiger partial charge on any atom is -0.370 e. The lowest BCUT2D eigenvalue weighted by Crippen LogP contribution is -2.35. The molecule has 3 N–H and O–H groups in total. The number of guanidine groups is 1. The summed E-state index contributed by atoms with van der Waals surface area (Å²) in [6, 6.07) is 9.27. The number of fused-ring (bicyclic) bond motifs is 3. The second-order valence-electron chi connectivity index (χ2n) is 5.03. The van der Waals surface area contributed by atoms with E-state index in [2.05, 4.69) is 41.5 Å². The van der Waals surface area contributed by atoms with Crippen molar-refractivity contribution in [3.63, 3.8) is 0 Å². The van der Waals surface area contributed by atoms with E-state index in [1.54, 1.807) is 0 Å². The van der Waals surface area contributed by atoms with Crippen LogP contribution in [0.15, 0.2) is 29.3 Å². The number of rotatable bonds is 3. The Hall–Kier alpha value is -0.780. The molecular weight excluding hydrogens is 337 g/mol. The molecule has 0 spiro atoms. The van der Waals surface area contributed by atoms with Crippen molar-refractivity contribution in [3.05, 3.63) is 35.4 Å². The zero-order valence-electron chi connectivity index (χ0n) is 10.6. The maximum absolute atomic E-state index is 5.86. The molecule has 1 aromatic rings. The van der Waals surface area contributed by atoms with E-state index in [1.165, 1.54) is 17.5 Å². The van der Waals surface area contributed by atoms with Gasteiger partial charge in [-0.2, -0.15) is 0 Å². The zero-order chi connectivity index (χ0) is 11.8. The van der Waals surface area contributed by atoms with Crippen LogP contribution in [0.1, 0.15) is 30.4 Å². The van der Waals surface area contributed by atoms with E-state index < -0.39 is 0 Å². The van der Waals surface area contributed by atoms with Crippen molar-refractivity contribution < 1.29 is 0 Å². The molecule has 4 heteroatoms. The van der Waals surface area contributed by atoms with E-state index in [9.17, 15) is 0 Å². The molecule has 1 fully saturated rings. The zero-order valence-corrected chi connectivity index (χ0v) is 12.9. The van der Waals surface area contributed by atoms with Crippen molar-refractivity contribution in [1.29, 1.82) is 0 Å². The van der Waals surface area contributed by atoms with Crippen molar-refractivity contribution in [2.45, 2.75) is 31.7 Å². The Labute approximate surface area is 125 Å². The van der Waals surface area contributed by atoms with Gasteiger partial charge in [0.25, 0.3) is 0 Å². The van der Waals surface area contributed by atoms with Gasteiger partial charge in [0, 0.05) is 18.5 Å². The lowest BCUT2D eigenvalue weighted by atomic mass is 10.1. The molecule has 0 bridgehead atoms. The smallest absolute Gasteiger partial charge is 0.188 e. The van der Waals surface area contributed by atoms with Crippen LogP contribution >= 0.6 is 24.0 Å². The molecule has 2 aliphatic rings. The van der Waals surface area contributed by atoms with Gasteiger partial charge in [0.05, 0.1) is 0 Å². The molecule has 0 aliphatic heterocycles. The topological polar surface area (TPSA) is 50.4 Å². The Morgan fingerprint density at radius 1 is 1.44 bits per heavy atom. The molecule has 0 aromatic heterocycles. The van der Waals surface area contributed by atoms with Crippen molar-refractivity contribution in [2.24, 2.45) is 16.6 Å². The summed E-state index contributed by atoms with van der Waals surface area (Å²) < 4.78 is 0. The van der Waals surface area contributed by atoms with Gasteiger partial charge in [0.15, 0.2) is 5.96 Å². The van der Waals surface area contributed by atoms with Gasteiger partial charge < -0.3 is 11.1 Å². The maximum atomic E-state index is 5.86. The molecule has 1 saturated carbocycles. The van der Waals surface area contributed by atoms with Gasteiger partial charge in [-0.25, -0.2) is 0 Å². The van der Waals surface area contributed by atoms with E-state index in [0.717, 1.165) is 18.9 Å². The van der Waals surface area contributed by atoms with Crippen LogP contribution in [0, 0.1) is 5.92 Å². The average molecular weight is 357 g/mol. The number of hydrogen-bond donors (Lipinski definition) is 2. The fraction of sp³-hybridized carbons (Fsp3) is 0.500. The summed E-state index contributed by atoms with van der Waals surface area (Å²) in [4.78, 5) is 4.29. The van der Waals surface area contributed by atoms with Gasteiger partial charge in [0.2, 0.25) is 0 Å². The average Bonchev–Trinajstić information content (AvgIpc) is 2.86. The Morgan fingerprint density at radius 2 is 2.22 bits per heavy atom. The molecule has 18 heavy (non-hydrogen) atoms. The fourth-order valence-electron chi connectivity index (χ4n) is 3.00. The third-order valence-electron chi connectivity index (χ3n) is 3.86. The minimum absolute atomic E-state index is 0. The van der Waals surface area contributed by atoms with Crippen LogP contribution in [-0.2, 0) is 6.42 Å². The highest BCUT2D eigenvalue weighted by Gasteiger charge is 2.55. The highest BCUT2D eigenvalue weighted by Crippen LogP contribution is 2.56. The lowest BCUT2D eigenvalue weighted by Gasteiger charge is -2.09. The number of halogens is 1. The highest BCUT2D eigenvalue weighted by molar-refractivity contribution is 14.0. The Bertz CT molecular complexity index is 458. The third-order valence-corrected chi connectivity index (χ3v) is 3.86. The van der Waals surface area contributed by atoms with Crippen LogP contribution in [0.5, 0.6) is 0 Å². The van der Waals surface area contributed by atoms with Crippen LogP contribution < -0.4 is 11.1 Å². The summed E-state index contributed by atoms with van der Waals surface area (Å²) in [6.45, 7) is 2.93. The van der Waals surface area contributed by atoms with E-state index in [1.807, 2.05) is 0 Å². The van der Waals surface area contributed by atoms with Gasteiger partial charge in [-0.1, -0.05) is 31.2 Å². The Kier molecular flexibility index (Phi) is 4.14. The molecule has 0 amide bonds. The predicted octanol–water partition coefficient (Wildman–Crippen LogP) is 2.26. The van der Waals surface area contributed by atoms with Crippen LogP contribution in [0.3, 0.4) is 0 Å². The number of hydrogen-bond acceptors (Lipinski definition) is 1. The molecular formula is C14H20IN3. The van der Waals surface area contributed by atoms with Crippen LogP contribution in [0.2, 0.25) is 0 Å². The highest BCUT2D eigenvalue weighted by atomic mass is 127. The molecule has 3 rings (SSSR count). The Balaban J connectivity index is 0.00000120.